The summed E-state index contributed by atoms with van der Waals surface area (Å²) in [6.07, 6.45) is 6.55. The second-order valence-corrected chi connectivity index (χ2v) is 8.87. The first-order valence-corrected chi connectivity index (χ1v) is 10.6. The Balaban J connectivity index is 2.01. The van der Waals surface area contributed by atoms with E-state index in [9.17, 15) is 18.3 Å². The van der Waals surface area contributed by atoms with E-state index in [2.05, 4.69) is 0 Å². The quantitative estimate of drug-likeness (QED) is 0.811. The number of hydrogen-bond acceptors (Lipinski definition) is 4. The maximum atomic E-state index is 12.9. The highest BCUT2D eigenvalue weighted by molar-refractivity contribution is 7.88. The van der Waals surface area contributed by atoms with Crippen molar-refractivity contribution in [2.75, 3.05) is 25.9 Å². The summed E-state index contributed by atoms with van der Waals surface area (Å²) in [6, 6.07) is -0.0656. The molecule has 1 heterocycles. The molecule has 23 heavy (non-hydrogen) atoms. The molecule has 2 rings (SSSR count). The Kier molecular flexibility index (Phi) is 6.45. The molecule has 1 saturated heterocycles. The van der Waals surface area contributed by atoms with E-state index in [1.54, 1.807) is 0 Å². The standard InChI is InChI=1S/C16H30N2O4S/c1-3-10-18(14-6-4-5-7-15(14)19)16(20)13-8-11-17(12-9-13)23(2,21)22/h13-15,19H,3-12H2,1-2H3/t14-,15+/m0/s1. The Bertz CT molecular complexity index is 500. The lowest BCUT2D eigenvalue weighted by Gasteiger charge is -2.40. The van der Waals surface area contributed by atoms with Crippen molar-refractivity contribution < 1.29 is 18.3 Å². The first kappa shape index (κ1) is 18.7. The first-order valence-electron chi connectivity index (χ1n) is 8.78. The summed E-state index contributed by atoms with van der Waals surface area (Å²) in [5.74, 6) is -0.0142. The van der Waals surface area contributed by atoms with Gasteiger partial charge in [0.1, 0.15) is 0 Å². The van der Waals surface area contributed by atoms with Gasteiger partial charge >= 0.3 is 0 Å². The van der Waals surface area contributed by atoms with Gasteiger partial charge in [-0.1, -0.05) is 19.8 Å². The van der Waals surface area contributed by atoms with Crippen molar-refractivity contribution in [3.63, 3.8) is 0 Å². The van der Waals surface area contributed by atoms with E-state index in [1.807, 2.05) is 11.8 Å². The van der Waals surface area contributed by atoms with Gasteiger partial charge < -0.3 is 10.0 Å². The van der Waals surface area contributed by atoms with Gasteiger partial charge in [-0.25, -0.2) is 12.7 Å². The van der Waals surface area contributed by atoms with Crippen molar-refractivity contribution in [1.29, 1.82) is 0 Å². The maximum absolute atomic E-state index is 12.9. The van der Waals surface area contributed by atoms with E-state index in [-0.39, 0.29) is 17.9 Å². The topological polar surface area (TPSA) is 77.9 Å². The molecule has 0 spiro atoms. The fourth-order valence-corrected chi connectivity index (χ4v) is 4.68. The number of sulfonamides is 1. The van der Waals surface area contributed by atoms with Gasteiger partial charge in [0.15, 0.2) is 0 Å². The Morgan fingerprint density at radius 3 is 2.30 bits per heavy atom. The van der Waals surface area contributed by atoms with E-state index in [0.717, 1.165) is 32.1 Å². The SMILES string of the molecule is CCCN(C(=O)C1CCN(S(C)(=O)=O)CC1)[C@H]1CCCC[C@H]1O. The molecule has 1 aliphatic heterocycles. The van der Waals surface area contributed by atoms with E-state index < -0.39 is 16.1 Å². The Labute approximate surface area is 139 Å². The summed E-state index contributed by atoms with van der Waals surface area (Å²) < 4.78 is 24.6. The lowest BCUT2D eigenvalue weighted by atomic mass is 9.89. The van der Waals surface area contributed by atoms with Gasteiger partial charge in [0.2, 0.25) is 15.9 Å². The molecule has 1 amide bonds. The smallest absolute Gasteiger partial charge is 0.226 e. The number of hydrogen-bond donors (Lipinski definition) is 1. The molecule has 1 N–H and O–H groups in total. The molecule has 7 heteroatoms. The van der Waals surface area contributed by atoms with Crippen LogP contribution in [0.4, 0.5) is 0 Å². The van der Waals surface area contributed by atoms with Gasteiger partial charge in [-0.2, -0.15) is 0 Å². The average Bonchev–Trinajstić information content (AvgIpc) is 2.52. The van der Waals surface area contributed by atoms with Gasteiger partial charge in [0.25, 0.3) is 0 Å². The molecule has 134 valence electrons. The van der Waals surface area contributed by atoms with E-state index in [4.69, 9.17) is 0 Å². The number of aliphatic hydroxyl groups excluding tert-OH is 1. The second-order valence-electron chi connectivity index (χ2n) is 6.89. The molecule has 0 aromatic heterocycles. The Hall–Kier alpha value is -0.660. The average molecular weight is 346 g/mol. The number of amides is 1. The van der Waals surface area contributed by atoms with Crippen molar-refractivity contribution in [2.24, 2.45) is 5.92 Å². The lowest BCUT2D eigenvalue weighted by Crippen LogP contribution is -2.52. The largest absolute Gasteiger partial charge is 0.391 e. The summed E-state index contributed by atoms with van der Waals surface area (Å²) in [4.78, 5) is 14.8. The van der Waals surface area contributed by atoms with Crippen LogP contribution in [0.5, 0.6) is 0 Å². The van der Waals surface area contributed by atoms with E-state index in [1.165, 1.54) is 10.6 Å². The summed E-state index contributed by atoms with van der Waals surface area (Å²) in [7, 11) is -3.17. The number of nitrogens with zero attached hydrogens (tertiary/aromatic N) is 2. The minimum absolute atomic E-state index is 0.0656. The van der Waals surface area contributed by atoms with Crippen LogP contribution in [0.15, 0.2) is 0 Å². The van der Waals surface area contributed by atoms with Gasteiger partial charge in [-0.15, -0.1) is 0 Å². The monoisotopic (exact) mass is 346 g/mol. The normalized spacial score (nSPS) is 27.8. The molecule has 0 aromatic rings. The van der Waals surface area contributed by atoms with Crippen molar-refractivity contribution in [1.82, 2.24) is 9.21 Å². The summed E-state index contributed by atoms with van der Waals surface area (Å²) in [5, 5.41) is 10.3. The number of carbonyl (C=O) groups is 1. The molecule has 1 aliphatic carbocycles. The zero-order chi connectivity index (χ0) is 17.0. The Morgan fingerprint density at radius 1 is 1.17 bits per heavy atom. The Morgan fingerprint density at radius 2 is 1.78 bits per heavy atom. The molecular weight excluding hydrogens is 316 g/mol. The van der Waals surface area contributed by atoms with Crippen LogP contribution in [0.3, 0.4) is 0 Å². The zero-order valence-electron chi connectivity index (χ0n) is 14.3. The number of rotatable bonds is 5. The van der Waals surface area contributed by atoms with Crippen LogP contribution in [0.1, 0.15) is 51.9 Å². The number of aliphatic hydroxyl groups is 1. The van der Waals surface area contributed by atoms with Gasteiger partial charge in [-0.3, -0.25) is 4.79 Å². The fraction of sp³-hybridized carbons (Fsp3) is 0.938. The summed E-state index contributed by atoms with van der Waals surface area (Å²) >= 11 is 0. The third kappa shape index (κ3) is 4.67. The maximum Gasteiger partial charge on any atom is 0.226 e. The highest BCUT2D eigenvalue weighted by atomic mass is 32.2. The highest BCUT2D eigenvalue weighted by Gasteiger charge is 2.36. The van der Waals surface area contributed by atoms with Crippen LogP contribution in [0, 0.1) is 5.92 Å². The first-order chi connectivity index (χ1) is 10.8. The minimum atomic E-state index is -3.17. The molecule has 0 aromatic carbocycles. The fourth-order valence-electron chi connectivity index (χ4n) is 3.80. The van der Waals surface area contributed by atoms with E-state index >= 15 is 0 Å². The zero-order valence-corrected chi connectivity index (χ0v) is 15.1. The lowest BCUT2D eigenvalue weighted by molar-refractivity contribution is -0.143. The van der Waals surface area contributed by atoms with Crippen LogP contribution in [0.2, 0.25) is 0 Å². The molecule has 2 aliphatic rings. The molecule has 0 radical (unpaired) electrons. The van der Waals surface area contributed by atoms with Gasteiger partial charge in [0.05, 0.1) is 18.4 Å². The van der Waals surface area contributed by atoms with Crippen LogP contribution < -0.4 is 0 Å². The van der Waals surface area contributed by atoms with Crippen molar-refractivity contribution >= 4 is 15.9 Å². The predicted octanol–water partition coefficient (Wildman–Crippen LogP) is 1.20. The van der Waals surface area contributed by atoms with E-state index in [0.29, 0.717) is 32.5 Å². The highest BCUT2D eigenvalue weighted by Crippen LogP contribution is 2.28. The molecular formula is C16H30N2O4S. The molecule has 2 atom stereocenters. The number of carbonyl (C=O) groups excluding carboxylic acids is 1. The molecule has 0 bridgehead atoms. The number of piperidine rings is 1. The van der Waals surface area contributed by atoms with Crippen LogP contribution in [-0.4, -0.2) is 66.7 Å². The summed E-state index contributed by atoms with van der Waals surface area (Å²) in [6.45, 7) is 3.56. The third-order valence-corrected chi connectivity index (χ3v) is 6.42. The predicted molar refractivity (Wildman–Crippen MR) is 89.4 cm³/mol. The third-order valence-electron chi connectivity index (χ3n) is 5.11. The minimum Gasteiger partial charge on any atom is -0.391 e. The molecule has 6 nitrogen and oxygen atoms in total. The van der Waals surface area contributed by atoms with Gasteiger partial charge in [-0.05, 0) is 32.1 Å². The molecule has 1 saturated carbocycles. The van der Waals surface area contributed by atoms with Crippen molar-refractivity contribution in [3.05, 3.63) is 0 Å². The molecule has 0 unspecified atom stereocenters. The van der Waals surface area contributed by atoms with Crippen molar-refractivity contribution in [2.45, 2.75) is 64.0 Å². The second kappa shape index (κ2) is 7.94. The van der Waals surface area contributed by atoms with Crippen molar-refractivity contribution in [3.8, 4) is 0 Å². The van der Waals surface area contributed by atoms with Crippen LogP contribution >= 0.6 is 0 Å². The van der Waals surface area contributed by atoms with Crippen LogP contribution in [-0.2, 0) is 14.8 Å². The summed E-state index contributed by atoms with van der Waals surface area (Å²) in [5.41, 5.74) is 0. The van der Waals surface area contributed by atoms with Crippen LogP contribution in [0.25, 0.3) is 0 Å². The molecule has 2 fully saturated rings. The van der Waals surface area contributed by atoms with Gasteiger partial charge in [0, 0.05) is 25.6 Å².